The maximum atomic E-state index is 12.5. The Hall–Kier alpha value is -3.70. The summed E-state index contributed by atoms with van der Waals surface area (Å²) in [6.45, 7) is 4.57. The number of amides is 1. The summed E-state index contributed by atoms with van der Waals surface area (Å²) in [5.74, 6) is 0.288. The van der Waals surface area contributed by atoms with Gasteiger partial charge in [-0.25, -0.2) is 4.98 Å². The van der Waals surface area contributed by atoms with Crippen LogP contribution in [0.1, 0.15) is 38.6 Å². The van der Waals surface area contributed by atoms with Gasteiger partial charge in [0.05, 0.1) is 6.54 Å². The van der Waals surface area contributed by atoms with E-state index in [9.17, 15) is 4.79 Å². The Morgan fingerprint density at radius 2 is 1.50 bits per heavy atom. The van der Waals surface area contributed by atoms with Gasteiger partial charge in [0.1, 0.15) is 6.26 Å². The predicted octanol–water partition coefficient (Wildman–Crippen LogP) is 5.12. The number of nitrogens with zero attached hydrogens (tertiary/aromatic N) is 2. The molecule has 0 atom stereocenters. The summed E-state index contributed by atoms with van der Waals surface area (Å²) in [5, 5.41) is 2.89. The van der Waals surface area contributed by atoms with Crippen molar-refractivity contribution >= 4 is 5.91 Å². The number of carbonyl (C=O) groups is 1. The SMILES string of the molecule is Cc1cccc(CN(Cc2ccccc2)Cc2nc(C(=O)NCc3ccccc3)co2)c1. The number of aromatic nitrogens is 1. The molecule has 32 heavy (non-hydrogen) atoms. The van der Waals surface area contributed by atoms with Crippen molar-refractivity contribution in [2.45, 2.75) is 33.1 Å². The van der Waals surface area contributed by atoms with E-state index in [1.54, 1.807) is 0 Å². The lowest BCUT2D eigenvalue weighted by molar-refractivity contribution is 0.0945. The fourth-order valence-electron chi connectivity index (χ4n) is 3.63. The standard InChI is InChI=1S/C27H27N3O2/c1-21-9-8-14-24(15-21)18-30(17-23-12-6-3-7-13-23)19-26-29-25(20-32-26)27(31)28-16-22-10-4-2-5-11-22/h2-15,20H,16-19H2,1H3,(H,28,31). The number of hydrogen-bond acceptors (Lipinski definition) is 4. The molecule has 4 rings (SSSR count). The third kappa shape index (κ3) is 6.15. The van der Waals surface area contributed by atoms with Crippen molar-refractivity contribution in [2.24, 2.45) is 0 Å². The summed E-state index contributed by atoms with van der Waals surface area (Å²) in [4.78, 5) is 19.2. The van der Waals surface area contributed by atoms with Crippen LogP contribution < -0.4 is 5.32 Å². The normalized spacial score (nSPS) is 10.9. The number of nitrogens with one attached hydrogen (secondary N) is 1. The van der Waals surface area contributed by atoms with E-state index < -0.39 is 0 Å². The van der Waals surface area contributed by atoms with Gasteiger partial charge in [0.2, 0.25) is 5.89 Å². The van der Waals surface area contributed by atoms with Crippen molar-refractivity contribution < 1.29 is 9.21 Å². The molecule has 5 nitrogen and oxygen atoms in total. The molecule has 1 heterocycles. The number of aryl methyl sites for hydroxylation is 1. The molecule has 0 bridgehead atoms. The minimum atomic E-state index is -0.239. The first kappa shape index (κ1) is 21.5. The molecule has 162 valence electrons. The summed E-state index contributed by atoms with van der Waals surface area (Å²) in [7, 11) is 0. The molecular formula is C27H27N3O2. The zero-order chi connectivity index (χ0) is 22.2. The largest absolute Gasteiger partial charge is 0.447 e. The first-order valence-electron chi connectivity index (χ1n) is 10.7. The number of hydrogen-bond donors (Lipinski definition) is 1. The van der Waals surface area contributed by atoms with Crippen LogP contribution in [0.5, 0.6) is 0 Å². The number of carbonyl (C=O) groups excluding carboxylic acids is 1. The lowest BCUT2D eigenvalue weighted by Crippen LogP contribution is -2.24. The Morgan fingerprint density at radius 3 is 2.22 bits per heavy atom. The lowest BCUT2D eigenvalue weighted by Gasteiger charge is -2.21. The van der Waals surface area contributed by atoms with Gasteiger partial charge in [-0.3, -0.25) is 9.69 Å². The summed E-state index contributed by atoms with van der Waals surface area (Å²) in [6, 6.07) is 28.6. The Balaban J connectivity index is 1.43. The quantitative estimate of drug-likeness (QED) is 0.405. The fourth-order valence-corrected chi connectivity index (χ4v) is 3.63. The molecule has 1 N–H and O–H groups in total. The molecule has 0 saturated heterocycles. The van der Waals surface area contributed by atoms with Gasteiger partial charge in [-0.15, -0.1) is 0 Å². The maximum Gasteiger partial charge on any atom is 0.273 e. The van der Waals surface area contributed by atoms with Gasteiger partial charge in [0.25, 0.3) is 5.91 Å². The molecule has 0 aliphatic heterocycles. The van der Waals surface area contributed by atoms with Crippen molar-refractivity contribution in [2.75, 3.05) is 0 Å². The first-order valence-corrected chi connectivity index (χ1v) is 10.7. The molecule has 0 saturated carbocycles. The van der Waals surface area contributed by atoms with Crippen LogP contribution in [0.3, 0.4) is 0 Å². The van der Waals surface area contributed by atoms with Crippen LogP contribution in [-0.2, 0) is 26.2 Å². The highest BCUT2D eigenvalue weighted by molar-refractivity contribution is 5.91. The topological polar surface area (TPSA) is 58.4 Å². The molecule has 0 radical (unpaired) electrons. The second-order valence-corrected chi connectivity index (χ2v) is 7.91. The van der Waals surface area contributed by atoms with Crippen molar-refractivity contribution in [3.8, 4) is 0 Å². The minimum absolute atomic E-state index is 0.239. The van der Waals surface area contributed by atoms with E-state index in [1.807, 2.05) is 48.5 Å². The Kier molecular flexibility index (Phi) is 7.10. The van der Waals surface area contributed by atoms with E-state index >= 15 is 0 Å². The van der Waals surface area contributed by atoms with Crippen LogP contribution in [-0.4, -0.2) is 15.8 Å². The summed E-state index contributed by atoms with van der Waals surface area (Å²) in [6.07, 6.45) is 1.43. The van der Waals surface area contributed by atoms with Gasteiger partial charge >= 0.3 is 0 Å². The van der Waals surface area contributed by atoms with Crippen molar-refractivity contribution in [3.05, 3.63) is 125 Å². The van der Waals surface area contributed by atoms with E-state index in [4.69, 9.17) is 4.42 Å². The summed E-state index contributed by atoms with van der Waals surface area (Å²) >= 11 is 0. The molecule has 0 unspecified atom stereocenters. The fraction of sp³-hybridized carbons (Fsp3) is 0.185. The molecule has 0 spiro atoms. The van der Waals surface area contributed by atoms with Crippen LogP contribution in [0.25, 0.3) is 0 Å². The highest BCUT2D eigenvalue weighted by Crippen LogP contribution is 2.15. The zero-order valence-electron chi connectivity index (χ0n) is 18.2. The van der Waals surface area contributed by atoms with E-state index in [1.165, 1.54) is 23.0 Å². The van der Waals surface area contributed by atoms with Crippen molar-refractivity contribution in [1.82, 2.24) is 15.2 Å². The van der Waals surface area contributed by atoms with Crippen LogP contribution in [0.15, 0.2) is 95.6 Å². The summed E-state index contributed by atoms with van der Waals surface area (Å²) in [5.41, 5.74) is 5.01. The number of rotatable bonds is 9. The molecule has 1 aromatic heterocycles. The smallest absolute Gasteiger partial charge is 0.273 e. The monoisotopic (exact) mass is 425 g/mol. The number of oxazole rings is 1. The van der Waals surface area contributed by atoms with Gasteiger partial charge in [0.15, 0.2) is 5.69 Å². The molecule has 4 aromatic rings. The third-order valence-corrected chi connectivity index (χ3v) is 5.18. The first-order chi connectivity index (χ1) is 15.7. The van der Waals surface area contributed by atoms with Crippen LogP contribution in [0.4, 0.5) is 0 Å². The van der Waals surface area contributed by atoms with Gasteiger partial charge in [0, 0.05) is 19.6 Å². The Morgan fingerprint density at radius 1 is 0.844 bits per heavy atom. The van der Waals surface area contributed by atoms with Crippen LogP contribution >= 0.6 is 0 Å². The number of benzene rings is 3. The third-order valence-electron chi connectivity index (χ3n) is 5.18. The average Bonchev–Trinajstić information content (AvgIpc) is 3.27. The highest BCUT2D eigenvalue weighted by Gasteiger charge is 2.16. The Labute approximate surface area is 188 Å². The van der Waals surface area contributed by atoms with Crippen LogP contribution in [0, 0.1) is 6.92 Å². The molecule has 0 aliphatic rings. The second kappa shape index (κ2) is 10.6. The van der Waals surface area contributed by atoms with E-state index in [-0.39, 0.29) is 5.91 Å². The zero-order valence-corrected chi connectivity index (χ0v) is 18.2. The van der Waals surface area contributed by atoms with Crippen LogP contribution in [0.2, 0.25) is 0 Å². The van der Waals surface area contributed by atoms with Crippen molar-refractivity contribution in [1.29, 1.82) is 0 Å². The maximum absolute atomic E-state index is 12.5. The summed E-state index contributed by atoms with van der Waals surface area (Å²) < 4.78 is 5.65. The lowest BCUT2D eigenvalue weighted by atomic mass is 10.1. The van der Waals surface area contributed by atoms with E-state index in [0.717, 1.165) is 18.7 Å². The Bertz CT molecular complexity index is 1140. The molecule has 0 fully saturated rings. The molecule has 1 amide bonds. The highest BCUT2D eigenvalue weighted by atomic mass is 16.3. The van der Waals surface area contributed by atoms with Crippen molar-refractivity contribution in [3.63, 3.8) is 0 Å². The van der Waals surface area contributed by atoms with Gasteiger partial charge < -0.3 is 9.73 Å². The molecular weight excluding hydrogens is 398 g/mol. The average molecular weight is 426 g/mol. The predicted molar refractivity (Wildman–Crippen MR) is 125 cm³/mol. The molecule has 3 aromatic carbocycles. The van der Waals surface area contributed by atoms with Gasteiger partial charge in [-0.1, -0.05) is 90.5 Å². The molecule has 5 heteroatoms. The van der Waals surface area contributed by atoms with E-state index in [2.05, 4.69) is 58.5 Å². The van der Waals surface area contributed by atoms with E-state index in [0.29, 0.717) is 24.7 Å². The van der Waals surface area contributed by atoms with Gasteiger partial charge in [-0.05, 0) is 23.6 Å². The molecule has 0 aliphatic carbocycles. The second-order valence-electron chi connectivity index (χ2n) is 7.91. The minimum Gasteiger partial charge on any atom is -0.447 e. The van der Waals surface area contributed by atoms with Gasteiger partial charge in [-0.2, -0.15) is 0 Å².